The van der Waals surface area contributed by atoms with E-state index in [1.54, 1.807) is 24.3 Å². The highest BCUT2D eigenvalue weighted by atomic mass is 19.4. The molecule has 0 radical (unpaired) electrons. The van der Waals surface area contributed by atoms with Crippen molar-refractivity contribution in [3.05, 3.63) is 29.8 Å². The van der Waals surface area contributed by atoms with E-state index >= 15 is 0 Å². The summed E-state index contributed by atoms with van der Waals surface area (Å²) in [5, 5.41) is 4.90. The fourth-order valence-corrected chi connectivity index (χ4v) is 3.96. The van der Waals surface area contributed by atoms with Gasteiger partial charge in [0.1, 0.15) is 5.41 Å². The Bertz CT molecular complexity index is 875. The van der Waals surface area contributed by atoms with Crippen LogP contribution in [-0.2, 0) is 15.1 Å². The first kappa shape index (κ1) is 19.7. The lowest BCUT2D eigenvalue weighted by atomic mass is 9.81. The lowest BCUT2D eigenvalue weighted by molar-refractivity contribution is -0.189. The smallest absolute Gasteiger partial charge is 0.370 e. The molecule has 1 aliphatic heterocycles. The molecule has 29 heavy (non-hydrogen) atoms. The molecule has 2 fully saturated rings. The van der Waals surface area contributed by atoms with E-state index in [1.165, 1.54) is 0 Å². The number of nitrogens with two attached hydrogens (primary N) is 1. The Kier molecular flexibility index (Phi) is 4.59. The average molecular weight is 408 g/mol. The monoisotopic (exact) mass is 408 g/mol. The van der Waals surface area contributed by atoms with Gasteiger partial charge in [0.15, 0.2) is 5.96 Å². The number of carbonyl (C=O) groups is 2. The lowest BCUT2D eigenvalue weighted by Gasteiger charge is -2.34. The highest BCUT2D eigenvalue weighted by Gasteiger charge is 2.68. The minimum Gasteiger partial charge on any atom is -0.370 e. The van der Waals surface area contributed by atoms with E-state index in [4.69, 9.17) is 5.73 Å². The van der Waals surface area contributed by atoms with Gasteiger partial charge >= 0.3 is 6.18 Å². The molecular formula is C20H23F3N4O2. The summed E-state index contributed by atoms with van der Waals surface area (Å²) in [6.07, 6.45) is -1.07. The number of guanidine groups is 1. The molecule has 0 unspecified atom stereocenters. The molecule has 0 spiro atoms. The van der Waals surface area contributed by atoms with E-state index in [9.17, 15) is 22.8 Å². The molecule has 1 heterocycles. The highest BCUT2D eigenvalue weighted by Crippen LogP contribution is 2.58. The quantitative estimate of drug-likeness (QED) is 0.674. The van der Waals surface area contributed by atoms with Gasteiger partial charge in [-0.15, -0.1) is 0 Å². The van der Waals surface area contributed by atoms with E-state index in [0.29, 0.717) is 17.9 Å². The minimum absolute atomic E-state index is 0.0282. The van der Waals surface area contributed by atoms with Gasteiger partial charge in [-0.3, -0.25) is 14.9 Å². The van der Waals surface area contributed by atoms with Crippen LogP contribution in [0.5, 0.6) is 0 Å². The number of carbonyl (C=O) groups excluding carboxylic acids is 2. The molecule has 1 aromatic carbocycles. The van der Waals surface area contributed by atoms with Crippen molar-refractivity contribution >= 4 is 23.5 Å². The number of rotatable bonds is 6. The zero-order chi connectivity index (χ0) is 20.9. The third-order valence-corrected chi connectivity index (χ3v) is 6.10. The molecule has 0 saturated heterocycles. The predicted octanol–water partition coefficient (Wildman–Crippen LogP) is 3.19. The molecule has 2 saturated carbocycles. The molecule has 6 nitrogen and oxygen atoms in total. The molecule has 4 N–H and O–H groups in total. The zero-order valence-electron chi connectivity index (χ0n) is 15.8. The maximum absolute atomic E-state index is 13.2. The largest absolute Gasteiger partial charge is 0.403 e. The predicted molar refractivity (Wildman–Crippen MR) is 101 cm³/mol. The van der Waals surface area contributed by atoms with Crippen molar-refractivity contribution in [1.29, 1.82) is 0 Å². The Morgan fingerprint density at radius 1 is 1.31 bits per heavy atom. The topological polar surface area (TPSA) is 96.6 Å². The number of nitrogens with one attached hydrogen (secondary N) is 2. The van der Waals surface area contributed by atoms with Crippen LogP contribution in [-0.4, -0.2) is 24.0 Å². The third kappa shape index (κ3) is 3.82. The van der Waals surface area contributed by atoms with Gasteiger partial charge in [0, 0.05) is 5.69 Å². The summed E-state index contributed by atoms with van der Waals surface area (Å²) >= 11 is 0. The second-order valence-electron chi connectivity index (χ2n) is 8.35. The third-order valence-electron chi connectivity index (χ3n) is 6.10. The SMILES string of the molecule is NC1=N[C@](CCC2CC2)(c2cccc(NC(=O)C3(C(F)(F)F)CC3)c2)CC(=O)N1. The summed E-state index contributed by atoms with van der Waals surface area (Å²) in [4.78, 5) is 29.0. The zero-order valence-corrected chi connectivity index (χ0v) is 15.8. The van der Waals surface area contributed by atoms with Gasteiger partial charge in [-0.2, -0.15) is 13.2 Å². The van der Waals surface area contributed by atoms with Crippen molar-refractivity contribution in [3.8, 4) is 0 Å². The molecule has 3 aliphatic rings. The summed E-state index contributed by atoms with van der Waals surface area (Å²) < 4.78 is 39.6. The van der Waals surface area contributed by atoms with Gasteiger partial charge < -0.3 is 11.1 Å². The lowest BCUT2D eigenvalue weighted by Crippen LogP contribution is -2.47. The summed E-state index contributed by atoms with van der Waals surface area (Å²) in [5.74, 6) is -0.659. The van der Waals surface area contributed by atoms with Crippen molar-refractivity contribution in [2.75, 3.05) is 5.32 Å². The molecule has 2 aliphatic carbocycles. The van der Waals surface area contributed by atoms with Crippen LogP contribution in [0.3, 0.4) is 0 Å². The van der Waals surface area contributed by atoms with Crippen molar-refractivity contribution in [1.82, 2.24) is 5.32 Å². The second-order valence-corrected chi connectivity index (χ2v) is 8.35. The van der Waals surface area contributed by atoms with Crippen molar-refractivity contribution in [2.45, 2.75) is 56.7 Å². The number of benzene rings is 1. The molecule has 2 amide bonds. The number of hydrogen-bond acceptors (Lipinski definition) is 4. The summed E-state index contributed by atoms with van der Waals surface area (Å²) in [5.41, 5.74) is 3.56. The number of alkyl halides is 3. The van der Waals surface area contributed by atoms with Crippen LogP contribution < -0.4 is 16.4 Å². The molecule has 156 valence electrons. The number of anilines is 1. The average Bonchev–Trinajstić information content (AvgIpc) is 3.53. The first-order valence-corrected chi connectivity index (χ1v) is 9.77. The number of aliphatic imine (C=N–C) groups is 1. The van der Waals surface area contributed by atoms with Gasteiger partial charge in [-0.1, -0.05) is 25.0 Å². The molecular weight excluding hydrogens is 385 g/mol. The molecule has 0 aromatic heterocycles. The fraction of sp³-hybridized carbons (Fsp3) is 0.550. The Labute approximate surface area is 166 Å². The highest BCUT2D eigenvalue weighted by molar-refractivity contribution is 5.99. The standard InChI is InChI=1S/C20H23F3N4O2/c21-20(22,23)18(8-9-18)16(29)25-14-3-1-2-13(10-14)19(7-6-12-4-5-12)11-15(28)26-17(24)27-19/h1-3,10,12H,4-9,11H2,(H,25,29)(H3,24,26,27,28)/t19-/m0/s1. The van der Waals surface area contributed by atoms with Gasteiger partial charge in [-0.25, -0.2) is 4.99 Å². The summed E-state index contributed by atoms with van der Waals surface area (Å²) in [6.45, 7) is 0. The first-order valence-electron chi connectivity index (χ1n) is 9.77. The van der Waals surface area contributed by atoms with Crippen molar-refractivity contribution in [2.24, 2.45) is 22.1 Å². The molecule has 1 atom stereocenters. The molecule has 0 bridgehead atoms. The number of amides is 2. The minimum atomic E-state index is -4.57. The van der Waals surface area contributed by atoms with Crippen LogP contribution in [0.1, 0.15) is 50.5 Å². The van der Waals surface area contributed by atoms with Crippen LogP contribution in [0.4, 0.5) is 18.9 Å². The molecule has 1 aromatic rings. The Balaban J connectivity index is 1.61. The van der Waals surface area contributed by atoms with Gasteiger partial charge in [-0.05, 0) is 49.3 Å². The van der Waals surface area contributed by atoms with E-state index < -0.39 is 23.0 Å². The normalized spacial score (nSPS) is 25.8. The van der Waals surface area contributed by atoms with Crippen molar-refractivity contribution < 1.29 is 22.8 Å². The maximum atomic E-state index is 13.2. The maximum Gasteiger partial charge on any atom is 0.403 e. The van der Waals surface area contributed by atoms with Crippen LogP contribution in [0, 0.1) is 11.3 Å². The number of halogens is 3. The molecule has 9 heteroatoms. The van der Waals surface area contributed by atoms with E-state index in [1.807, 2.05) is 0 Å². The van der Waals surface area contributed by atoms with Crippen molar-refractivity contribution in [3.63, 3.8) is 0 Å². The van der Waals surface area contributed by atoms with E-state index in [0.717, 1.165) is 19.3 Å². The van der Waals surface area contributed by atoms with Crippen LogP contribution >= 0.6 is 0 Å². The number of nitrogens with zero attached hydrogens (tertiary/aromatic N) is 1. The Morgan fingerprint density at radius 3 is 2.62 bits per heavy atom. The van der Waals surface area contributed by atoms with Crippen LogP contribution in [0.2, 0.25) is 0 Å². The number of hydrogen-bond donors (Lipinski definition) is 3. The van der Waals surface area contributed by atoms with Gasteiger partial charge in [0.2, 0.25) is 11.8 Å². The van der Waals surface area contributed by atoms with Crippen LogP contribution in [0.25, 0.3) is 0 Å². The van der Waals surface area contributed by atoms with Gasteiger partial charge in [0.05, 0.1) is 12.0 Å². The van der Waals surface area contributed by atoms with E-state index in [2.05, 4.69) is 15.6 Å². The fourth-order valence-electron chi connectivity index (χ4n) is 3.96. The summed E-state index contributed by atoms with van der Waals surface area (Å²) in [7, 11) is 0. The Hall–Kier alpha value is -2.58. The van der Waals surface area contributed by atoms with Gasteiger partial charge in [0.25, 0.3) is 0 Å². The Morgan fingerprint density at radius 2 is 2.03 bits per heavy atom. The molecule has 4 rings (SSSR count). The van der Waals surface area contributed by atoms with E-state index in [-0.39, 0.29) is 36.8 Å². The van der Waals surface area contributed by atoms with Crippen LogP contribution in [0.15, 0.2) is 29.3 Å². The summed E-state index contributed by atoms with van der Waals surface area (Å²) in [6, 6.07) is 6.56. The first-order chi connectivity index (χ1) is 13.6. The second kappa shape index (κ2) is 6.74.